The number of nitrogen functional groups attached to an aromatic ring is 1. The molecule has 0 spiro atoms. The highest BCUT2D eigenvalue weighted by Gasteiger charge is 2.49. The number of aromatic amines is 1. The molecule has 4 heterocycles. The van der Waals surface area contributed by atoms with Crippen LogP contribution < -0.4 is 25.7 Å². The number of anilines is 1. The van der Waals surface area contributed by atoms with Gasteiger partial charge < -0.3 is 20.7 Å². The van der Waals surface area contributed by atoms with Crippen LogP contribution in [0.25, 0.3) is 22.2 Å². The van der Waals surface area contributed by atoms with Crippen molar-refractivity contribution in [2.45, 2.75) is 56.3 Å². The number of nitrogens with zero attached hydrogens (tertiary/aromatic N) is 2. The van der Waals surface area contributed by atoms with E-state index in [0.717, 1.165) is 51.8 Å². The normalized spacial score (nSPS) is 27.5. The number of benzene rings is 2. The molecule has 1 unspecified atom stereocenters. The van der Waals surface area contributed by atoms with E-state index in [4.69, 9.17) is 10.5 Å². The number of nitrogens with two attached hydrogens (primary N) is 2. The van der Waals surface area contributed by atoms with Crippen molar-refractivity contribution in [2.24, 2.45) is 0 Å². The third-order valence-electron chi connectivity index (χ3n) is 8.82. The van der Waals surface area contributed by atoms with Crippen LogP contribution in [0.1, 0.15) is 38.1 Å². The zero-order valence-corrected chi connectivity index (χ0v) is 20.6. The number of quaternary nitrogens is 2. The highest BCUT2D eigenvalue weighted by Crippen LogP contribution is 2.38. The Bertz CT molecular complexity index is 1360. The first-order valence-electron chi connectivity index (χ1n) is 13.4. The second-order valence-electron chi connectivity index (χ2n) is 10.8. The summed E-state index contributed by atoms with van der Waals surface area (Å²) in [5.74, 6) is 2.23. The zero-order valence-electron chi connectivity index (χ0n) is 20.6. The third-order valence-corrected chi connectivity index (χ3v) is 8.82. The van der Waals surface area contributed by atoms with Crippen LogP contribution in [0.3, 0.4) is 0 Å². The molecule has 0 radical (unpaired) electrons. The number of nitrogens with one attached hydrogen (secondary N) is 2. The van der Waals surface area contributed by atoms with Gasteiger partial charge in [-0.05, 0) is 42.7 Å². The van der Waals surface area contributed by atoms with Crippen molar-refractivity contribution in [2.75, 3.05) is 18.8 Å². The number of H-pyrrole nitrogens is 1. The van der Waals surface area contributed by atoms with Crippen LogP contribution in [0.15, 0.2) is 67.1 Å². The topological polar surface area (TPSA) is 88.3 Å². The summed E-state index contributed by atoms with van der Waals surface area (Å²) < 4.78 is 8.44. The molecule has 3 fully saturated rings. The lowest BCUT2D eigenvalue weighted by molar-refractivity contribution is -0.973. The van der Waals surface area contributed by atoms with Gasteiger partial charge in [-0.3, -0.25) is 4.57 Å². The van der Waals surface area contributed by atoms with E-state index in [1.807, 2.05) is 47.4 Å². The van der Waals surface area contributed by atoms with Gasteiger partial charge in [0.2, 0.25) is 17.8 Å². The maximum absolute atomic E-state index is 6.43. The Labute approximate surface area is 211 Å². The van der Waals surface area contributed by atoms with Crippen molar-refractivity contribution in [1.82, 2.24) is 9.55 Å². The van der Waals surface area contributed by atoms with Gasteiger partial charge in [-0.15, -0.1) is 0 Å². The van der Waals surface area contributed by atoms with E-state index in [-0.39, 0.29) is 0 Å². The van der Waals surface area contributed by atoms with Gasteiger partial charge in [0.05, 0.1) is 24.7 Å². The van der Waals surface area contributed by atoms with Crippen LogP contribution >= 0.6 is 0 Å². The SMILES string of the molecule is Nc1nc[nH+]c2c1c(-c1ccc(Oc3ccccc3)cc1)cn2C1CCC([NH+]2C[C@H]3C[C@@H]2C[NH2+]3)CC1. The van der Waals surface area contributed by atoms with Gasteiger partial charge >= 0.3 is 0 Å². The Morgan fingerprint density at radius 3 is 2.47 bits per heavy atom. The van der Waals surface area contributed by atoms with Gasteiger partial charge in [-0.25, -0.2) is 4.98 Å². The molecular formula is C29H35N6O+3. The molecule has 2 bridgehead atoms. The van der Waals surface area contributed by atoms with Gasteiger partial charge in [0.15, 0.2) is 0 Å². The molecule has 2 aliphatic heterocycles. The minimum absolute atomic E-state index is 0.488. The number of hydrogen-bond donors (Lipinski definition) is 3. The molecule has 3 atom stereocenters. The summed E-state index contributed by atoms with van der Waals surface area (Å²) in [6.07, 6.45) is 10.5. The zero-order chi connectivity index (χ0) is 24.1. The fraction of sp³-hybridized carbons (Fsp3) is 0.379. The molecule has 184 valence electrons. The smallest absolute Gasteiger partial charge is 0.239 e. The second-order valence-corrected chi connectivity index (χ2v) is 10.8. The molecule has 2 aromatic carbocycles. The standard InChI is InChI=1S/C29H32N6O/c30-28-27-26(19-6-12-25(13-7-19)36-24-4-2-1-3-5-24)17-35(29(27)33-18-32-28)22-10-8-21(9-11-22)34-16-20-14-23(34)15-31-20/h1-7,12-13,17-18,20-23,31H,8-11,14-16H2,(H2,30,32,33)/p+3/t20-,21?,22?,23-/m1/s1. The van der Waals surface area contributed by atoms with E-state index in [9.17, 15) is 0 Å². The maximum atomic E-state index is 6.43. The minimum atomic E-state index is 0.488. The molecule has 7 rings (SSSR count). The molecule has 36 heavy (non-hydrogen) atoms. The van der Waals surface area contributed by atoms with Crippen molar-refractivity contribution >= 4 is 16.9 Å². The Hall–Kier alpha value is -3.42. The number of hydrogen-bond acceptors (Lipinski definition) is 3. The fourth-order valence-corrected chi connectivity index (χ4v) is 7.07. The summed E-state index contributed by atoms with van der Waals surface area (Å²) in [5.41, 5.74) is 9.75. The number of fused-ring (bicyclic) bond motifs is 3. The molecule has 7 nitrogen and oxygen atoms in total. The first-order chi connectivity index (χ1) is 17.7. The maximum Gasteiger partial charge on any atom is 0.239 e. The number of likely N-dealkylation sites (tertiary alicyclic amines) is 1. The number of ether oxygens (including phenoxy) is 1. The summed E-state index contributed by atoms with van der Waals surface area (Å²) >= 11 is 0. The lowest BCUT2D eigenvalue weighted by Gasteiger charge is -2.35. The van der Waals surface area contributed by atoms with Gasteiger partial charge in [0.1, 0.15) is 42.1 Å². The Morgan fingerprint density at radius 2 is 1.75 bits per heavy atom. The summed E-state index contributed by atoms with van der Waals surface area (Å²) in [4.78, 5) is 9.71. The van der Waals surface area contributed by atoms with Crippen molar-refractivity contribution in [3.05, 3.63) is 67.1 Å². The molecule has 0 amide bonds. The van der Waals surface area contributed by atoms with Gasteiger partial charge in [0, 0.05) is 18.4 Å². The summed E-state index contributed by atoms with van der Waals surface area (Å²) in [6, 6.07) is 21.3. The first-order valence-corrected chi connectivity index (χ1v) is 13.4. The van der Waals surface area contributed by atoms with Crippen LogP contribution in [-0.2, 0) is 0 Å². The molecule has 1 saturated carbocycles. The molecule has 3 aliphatic rings. The van der Waals surface area contributed by atoms with E-state index in [1.165, 1.54) is 45.2 Å². The van der Waals surface area contributed by atoms with Crippen molar-refractivity contribution < 1.29 is 19.9 Å². The van der Waals surface area contributed by atoms with Crippen LogP contribution in [-0.4, -0.2) is 40.8 Å². The Morgan fingerprint density at radius 1 is 0.972 bits per heavy atom. The third kappa shape index (κ3) is 3.83. The monoisotopic (exact) mass is 483 g/mol. The van der Waals surface area contributed by atoms with E-state index in [1.54, 1.807) is 6.33 Å². The molecule has 2 aromatic heterocycles. The predicted molar refractivity (Wildman–Crippen MR) is 139 cm³/mol. The average molecular weight is 484 g/mol. The Kier molecular flexibility index (Phi) is 5.40. The van der Waals surface area contributed by atoms with Crippen LogP contribution in [0.5, 0.6) is 11.5 Å². The average Bonchev–Trinajstić information content (AvgIpc) is 3.65. The number of para-hydroxylation sites is 1. The minimum Gasteiger partial charge on any atom is -0.457 e. The number of rotatable bonds is 5. The molecular weight excluding hydrogens is 448 g/mol. The highest BCUT2D eigenvalue weighted by molar-refractivity contribution is 5.99. The first kappa shape index (κ1) is 21.8. The molecule has 2 saturated heterocycles. The van der Waals surface area contributed by atoms with Crippen LogP contribution in [0.4, 0.5) is 5.82 Å². The highest BCUT2D eigenvalue weighted by atomic mass is 16.5. The summed E-state index contributed by atoms with van der Waals surface area (Å²) in [5, 5.41) is 3.58. The van der Waals surface area contributed by atoms with Gasteiger partial charge in [-0.1, -0.05) is 35.3 Å². The van der Waals surface area contributed by atoms with E-state index < -0.39 is 0 Å². The molecule has 6 N–H and O–H groups in total. The Balaban J connectivity index is 1.14. The molecule has 4 aromatic rings. The second kappa shape index (κ2) is 8.91. The lowest BCUT2D eigenvalue weighted by atomic mass is 9.89. The van der Waals surface area contributed by atoms with Crippen molar-refractivity contribution in [3.63, 3.8) is 0 Å². The van der Waals surface area contributed by atoms with Crippen LogP contribution in [0, 0.1) is 0 Å². The predicted octanol–water partition coefficient (Wildman–Crippen LogP) is 1.98. The van der Waals surface area contributed by atoms with Gasteiger partial charge in [-0.2, -0.15) is 0 Å². The molecule has 7 heteroatoms. The van der Waals surface area contributed by atoms with Gasteiger partial charge in [0.25, 0.3) is 0 Å². The van der Waals surface area contributed by atoms with Crippen molar-refractivity contribution in [1.29, 1.82) is 0 Å². The number of aromatic nitrogens is 3. The largest absolute Gasteiger partial charge is 0.457 e. The van der Waals surface area contributed by atoms with E-state index in [2.05, 4.69) is 38.2 Å². The van der Waals surface area contributed by atoms with E-state index in [0.29, 0.717) is 11.9 Å². The number of piperazine rings is 1. The van der Waals surface area contributed by atoms with E-state index >= 15 is 0 Å². The molecule has 1 aliphatic carbocycles. The summed E-state index contributed by atoms with van der Waals surface area (Å²) in [7, 11) is 0. The van der Waals surface area contributed by atoms with Crippen molar-refractivity contribution in [3.8, 4) is 22.6 Å². The lowest BCUT2D eigenvalue weighted by Crippen LogP contribution is -3.23. The summed E-state index contributed by atoms with van der Waals surface area (Å²) in [6.45, 7) is 2.71. The fourth-order valence-electron chi connectivity index (χ4n) is 7.07. The quantitative estimate of drug-likeness (QED) is 0.406. The van der Waals surface area contributed by atoms with Crippen LogP contribution in [0.2, 0.25) is 0 Å².